The molecule has 0 saturated carbocycles. The number of rotatable bonds is 2. The van der Waals surface area contributed by atoms with Crippen LogP contribution < -0.4 is 10.6 Å². The van der Waals surface area contributed by atoms with Gasteiger partial charge in [0.2, 0.25) is 5.95 Å². The normalized spacial score (nSPS) is 19.8. The van der Waals surface area contributed by atoms with Crippen LogP contribution in [0.5, 0.6) is 0 Å². The van der Waals surface area contributed by atoms with Crippen LogP contribution in [0.1, 0.15) is 19.3 Å². The zero-order valence-corrected chi connectivity index (χ0v) is 11.1. The quantitative estimate of drug-likeness (QED) is 0.877. The number of anilines is 1. The lowest BCUT2D eigenvalue weighted by molar-refractivity contribution is 0.459. The average molecular weight is 267 g/mol. The van der Waals surface area contributed by atoms with E-state index in [0.717, 1.165) is 23.5 Å². The van der Waals surface area contributed by atoms with E-state index in [2.05, 4.69) is 20.9 Å². The molecular weight excluding hydrogens is 248 g/mol. The highest BCUT2D eigenvalue weighted by Crippen LogP contribution is 2.24. The summed E-state index contributed by atoms with van der Waals surface area (Å²) in [6.45, 7) is 1.76. The molecule has 1 aliphatic heterocycles. The summed E-state index contributed by atoms with van der Waals surface area (Å²) in [6, 6.07) is 8.58. The molecule has 2 aromatic rings. The number of nitrogens with zero attached hydrogens (tertiary/aromatic N) is 2. The second kappa shape index (κ2) is 5.59. The highest BCUT2D eigenvalue weighted by Gasteiger charge is 2.23. The number of piperidine rings is 1. The van der Waals surface area contributed by atoms with E-state index in [-0.39, 0.29) is 12.4 Å². The molecule has 0 bridgehead atoms. The Bertz CT molecular complexity index is 477. The minimum Gasteiger partial charge on any atom is -0.338 e. The minimum absolute atomic E-state index is 0. The second-order valence-corrected chi connectivity index (χ2v) is 4.66. The van der Waals surface area contributed by atoms with E-state index in [4.69, 9.17) is 5.73 Å². The van der Waals surface area contributed by atoms with E-state index in [1.54, 1.807) is 0 Å². The first-order valence-electron chi connectivity index (χ1n) is 6.30. The van der Waals surface area contributed by atoms with Crippen molar-refractivity contribution < 1.29 is 0 Å². The Kier molecular flexibility index (Phi) is 4.09. The summed E-state index contributed by atoms with van der Waals surface area (Å²) in [5.74, 6) is 0.973. The van der Waals surface area contributed by atoms with E-state index < -0.39 is 0 Å². The number of hydrogen-bond acceptors (Lipinski definition) is 3. The SMILES string of the molecule is Cl.NCC1CCCCN1c1nc2ccccc2[nH]1. The van der Waals surface area contributed by atoms with Crippen LogP contribution in [0, 0.1) is 0 Å². The molecule has 1 fully saturated rings. The lowest BCUT2D eigenvalue weighted by atomic mass is 10.0. The summed E-state index contributed by atoms with van der Waals surface area (Å²) in [7, 11) is 0. The van der Waals surface area contributed by atoms with Gasteiger partial charge in [-0.3, -0.25) is 0 Å². The molecule has 1 aromatic carbocycles. The lowest BCUT2D eigenvalue weighted by Crippen LogP contribution is -2.44. The zero-order valence-electron chi connectivity index (χ0n) is 10.3. The maximum atomic E-state index is 5.84. The van der Waals surface area contributed by atoms with Gasteiger partial charge in [0.25, 0.3) is 0 Å². The van der Waals surface area contributed by atoms with Gasteiger partial charge in [0.15, 0.2) is 0 Å². The van der Waals surface area contributed by atoms with Gasteiger partial charge in [-0.25, -0.2) is 4.98 Å². The molecule has 98 valence electrons. The molecule has 0 amide bonds. The van der Waals surface area contributed by atoms with Gasteiger partial charge in [0, 0.05) is 19.1 Å². The lowest BCUT2D eigenvalue weighted by Gasteiger charge is -2.34. The van der Waals surface area contributed by atoms with E-state index >= 15 is 0 Å². The number of aromatic nitrogens is 2. The smallest absolute Gasteiger partial charge is 0.204 e. The fourth-order valence-electron chi connectivity index (χ4n) is 2.60. The van der Waals surface area contributed by atoms with Crippen molar-refractivity contribution in [2.24, 2.45) is 5.73 Å². The van der Waals surface area contributed by atoms with Gasteiger partial charge < -0.3 is 15.6 Å². The van der Waals surface area contributed by atoms with E-state index in [1.165, 1.54) is 19.3 Å². The van der Waals surface area contributed by atoms with Gasteiger partial charge in [-0.2, -0.15) is 0 Å². The van der Waals surface area contributed by atoms with Crippen LogP contribution in [0.15, 0.2) is 24.3 Å². The summed E-state index contributed by atoms with van der Waals surface area (Å²) in [5.41, 5.74) is 7.97. The summed E-state index contributed by atoms with van der Waals surface area (Å²) < 4.78 is 0. The van der Waals surface area contributed by atoms with Crippen LogP contribution in [0.2, 0.25) is 0 Å². The number of halogens is 1. The molecule has 3 rings (SSSR count). The molecule has 4 nitrogen and oxygen atoms in total. The number of nitrogens with one attached hydrogen (secondary N) is 1. The molecule has 0 aliphatic carbocycles. The second-order valence-electron chi connectivity index (χ2n) is 4.66. The molecule has 18 heavy (non-hydrogen) atoms. The van der Waals surface area contributed by atoms with Gasteiger partial charge >= 0.3 is 0 Å². The van der Waals surface area contributed by atoms with Gasteiger partial charge in [0.05, 0.1) is 11.0 Å². The molecule has 1 aliphatic rings. The Balaban J connectivity index is 0.00000120. The molecule has 1 unspecified atom stereocenters. The minimum atomic E-state index is 0. The number of para-hydroxylation sites is 2. The van der Waals surface area contributed by atoms with Crippen molar-refractivity contribution >= 4 is 29.4 Å². The summed E-state index contributed by atoms with van der Waals surface area (Å²) in [4.78, 5) is 10.4. The number of fused-ring (bicyclic) bond motifs is 1. The Hall–Kier alpha value is -1.26. The standard InChI is InChI=1S/C13H18N4.ClH/c14-9-10-5-3-4-8-17(10)13-15-11-6-1-2-7-12(11)16-13;/h1-2,6-7,10H,3-5,8-9,14H2,(H,15,16);1H. The number of aromatic amines is 1. The molecule has 1 aromatic heterocycles. The summed E-state index contributed by atoms with van der Waals surface area (Å²) in [6.07, 6.45) is 3.68. The predicted molar refractivity (Wildman–Crippen MR) is 77.4 cm³/mol. The molecule has 5 heteroatoms. The van der Waals surface area contributed by atoms with Gasteiger partial charge in [-0.1, -0.05) is 12.1 Å². The highest BCUT2D eigenvalue weighted by molar-refractivity contribution is 5.85. The first kappa shape index (κ1) is 13.2. The third kappa shape index (κ3) is 2.31. The monoisotopic (exact) mass is 266 g/mol. The van der Waals surface area contributed by atoms with Crippen molar-refractivity contribution in [2.45, 2.75) is 25.3 Å². The van der Waals surface area contributed by atoms with Crippen LogP contribution in [0.25, 0.3) is 11.0 Å². The van der Waals surface area contributed by atoms with Gasteiger partial charge in [0.1, 0.15) is 0 Å². The van der Waals surface area contributed by atoms with E-state index in [9.17, 15) is 0 Å². The first-order chi connectivity index (χ1) is 8.38. The number of hydrogen-bond donors (Lipinski definition) is 2. The molecule has 2 heterocycles. The van der Waals surface area contributed by atoms with Crippen LogP contribution >= 0.6 is 12.4 Å². The van der Waals surface area contributed by atoms with Gasteiger partial charge in [-0.05, 0) is 31.4 Å². The third-order valence-electron chi connectivity index (χ3n) is 3.55. The van der Waals surface area contributed by atoms with Crippen LogP contribution in [-0.2, 0) is 0 Å². The van der Waals surface area contributed by atoms with Crippen molar-refractivity contribution in [3.8, 4) is 0 Å². The van der Waals surface area contributed by atoms with Crippen LogP contribution in [0.4, 0.5) is 5.95 Å². The molecule has 0 spiro atoms. The Labute approximate surface area is 113 Å². The summed E-state index contributed by atoms with van der Waals surface area (Å²) in [5, 5.41) is 0. The topological polar surface area (TPSA) is 57.9 Å². The zero-order chi connectivity index (χ0) is 11.7. The first-order valence-corrected chi connectivity index (χ1v) is 6.30. The number of H-pyrrole nitrogens is 1. The molecule has 1 saturated heterocycles. The maximum Gasteiger partial charge on any atom is 0.204 e. The van der Waals surface area contributed by atoms with E-state index in [1.807, 2.05) is 18.2 Å². The summed E-state index contributed by atoms with van der Waals surface area (Å²) >= 11 is 0. The van der Waals surface area contributed by atoms with Crippen molar-refractivity contribution in [3.63, 3.8) is 0 Å². The highest BCUT2D eigenvalue weighted by atomic mass is 35.5. The molecule has 0 radical (unpaired) electrons. The fraction of sp³-hybridized carbons (Fsp3) is 0.462. The number of benzene rings is 1. The van der Waals surface area contributed by atoms with Crippen molar-refractivity contribution in [1.29, 1.82) is 0 Å². The van der Waals surface area contributed by atoms with E-state index in [0.29, 0.717) is 12.6 Å². The number of nitrogens with two attached hydrogens (primary N) is 1. The maximum absolute atomic E-state index is 5.84. The van der Waals surface area contributed by atoms with Crippen molar-refractivity contribution in [1.82, 2.24) is 9.97 Å². The average Bonchev–Trinajstić information content (AvgIpc) is 2.82. The molecule has 3 N–H and O–H groups in total. The largest absolute Gasteiger partial charge is 0.338 e. The van der Waals surface area contributed by atoms with Gasteiger partial charge in [-0.15, -0.1) is 12.4 Å². The fourth-order valence-corrected chi connectivity index (χ4v) is 2.60. The Morgan fingerprint density at radius 1 is 1.33 bits per heavy atom. The molecule has 1 atom stereocenters. The number of imidazole rings is 1. The van der Waals surface area contributed by atoms with Crippen molar-refractivity contribution in [2.75, 3.05) is 18.0 Å². The Morgan fingerprint density at radius 2 is 2.17 bits per heavy atom. The van der Waals surface area contributed by atoms with Crippen molar-refractivity contribution in [3.05, 3.63) is 24.3 Å². The third-order valence-corrected chi connectivity index (χ3v) is 3.55. The van der Waals surface area contributed by atoms with Crippen LogP contribution in [0.3, 0.4) is 0 Å². The predicted octanol–water partition coefficient (Wildman–Crippen LogP) is 2.30. The Morgan fingerprint density at radius 3 is 2.94 bits per heavy atom. The molecular formula is C13H19ClN4. The van der Waals surface area contributed by atoms with Crippen LogP contribution in [-0.4, -0.2) is 29.1 Å².